The molecule has 0 radical (unpaired) electrons. The van der Waals surface area contributed by atoms with Gasteiger partial charge in [0.15, 0.2) is 0 Å². The molecule has 0 aliphatic carbocycles. The summed E-state index contributed by atoms with van der Waals surface area (Å²) >= 11 is 0. The lowest BCUT2D eigenvalue weighted by Crippen LogP contribution is -2.40. The molecule has 8 nitrogen and oxygen atoms in total. The summed E-state index contributed by atoms with van der Waals surface area (Å²) in [5, 5.41) is 28.2. The Labute approximate surface area is 310 Å². The monoisotopic (exact) mass is 698 g/mol. The van der Waals surface area contributed by atoms with Crippen molar-refractivity contribution in [1.29, 1.82) is 0 Å². The van der Waals surface area contributed by atoms with Crippen LogP contribution in [-0.2, 0) is 39.3 Å². The van der Waals surface area contributed by atoms with Gasteiger partial charge in [0.05, 0.1) is 0 Å². The zero-order valence-electron chi connectivity index (χ0n) is 30.9. The molecule has 5 aromatic rings. The van der Waals surface area contributed by atoms with Crippen LogP contribution in [0, 0.1) is 0 Å². The first-order valence-electron chi connectivity index (χ1n) is 19.6. The van der Waals surface area contributed by atoms with Gasteiger partial charge in [0.2, 0.25) is 0 Å². The van der Waals surface area contributed by atoms with Crippen LogP contribution < -0.4 is 31.9 Å². The number of benzene rings is 5. The Kier molecular flexibility index (Phi) is 13.7. The summed E-state index contributed by atoms with van der Waals surface area (Å²) in [5.41, 5.74) is 8.19. The highest BCUT2D eigenvalue weighted by molar-refractivity contribution is 6.05. The van der Waals surface area contributed by atoms with E-state index in [4.69, 9.17) is 0 Å². The third-order valence-corrected chi connectivity index (χ3v) is 10.7. The Morgan fingerprint density at radius 3 is 0.865 bits per heavy atom. The quantitative estimate of drug-likeness (QED) is 0.132. The van der Waals surface area contributed by atoms with Crippen LogP contribution >= 0.6 is 0 Å². The molecule has 0 amide bonds. The molecule has 0 spiro atoms. The van der Waals surface area contributed by atoms with Gasteiger partial charge in [0.1, 0.15) is 0 Å². The van der Waals surface area contributed by atoms with Crippen LogP contribution in [0.4, 0.5) is 0 Å². The van der Waals surface area contributed by atoms with Crippen molar-refractivity contribution in [3.63, 3.8) is 0 Å². The van der Waals surface area contributed by atoms with E-state index in [2.05, 4.69) is 139 Å². The minimum atomic E-state index is 0.850. The van der Waals surface area contributed by atoms with E-state index >= 15 is 0 Å². The molecule has 6 N–H and O–H groups in total. The largest absolute Gasteiger partial charge is 0.311 e. The molecule has 52 heavy (non-hydrogen) atoms. The maximum atomic E-state index is 3.87. The fourth-order valence-electron chi connectivity index (χ4n) is 7.84. The van der Waals surface area contributed by atoms with Gasteiger partial charge in [-0.05, 0) is 54.9 Å². The van der Waals surface area contributed by atoms with Crippen LogP contribution in [0.3, 0.4) is 0 Å². The van der Waals surface area contributed by atoms with E-state index in [0.29, 0.717) is 0 Å². The molecule has 8 bridgehead atoms. The van der Waals surface area contributed by atoms with Crippen molar-refractivity contribution in [3.05, 3.63) is 130 Å². The van der Waals surface area contributed by atoms with E-state index in [0.717, 1.165) is 118 Å². The molecular weight excluding hydrogens is 641 g/mol. The molecule has 0 unspecified atom stereocenters. The maximum absolute atomic E-state index is 3.87. The van der Waals surface area contributed by atoms with E-state index in [-0.39, 0.29) is 0 Å². The number of nitrogens with zero attached hydrogens (tertiary/aromatic N) is 2. The lowest BCUT2D eigenvalue weighted by atomic mass is 9.91. The molecule has 8 heteroatoms. The molecule has 3 aliphatic rings. The van der Waals surface area contributed by atoms with Crippen molar-refractivity contribution in [2.75, 3.05) is 78.5 Å². The summed E-state index contributed by atoms with van der Waals surface area (Å²) in [4.78, 5) is 5.20. The highest BCUT2D eigenvalue weighted by Gasteiger charge is 2.15. The first kappa shape index (κ1) is 36.6. The van der Waals surface area contributed by atoms with Crippen LogP contribution in [-0.4, -0.2) is 88.3 Å². The van der Waals surface area contributed by atoms with Gasteiger partial charge in [0, 0.05) is 118 Å². The number of rotatable bonds is 0. The van der Waals surface area contributed by atoms with E-state index < -0.39 is 0 Å². The summed E-state index contributed by atoms with van der Waals surface area (Å²) in [6, 6.07) is 36.1. The minimum absolute atomic E-state index is 0.850. The van der Waals surface area contributed by atoms with Gasteiger partial charge in [-0.25, -0.2) is 0 Å². The third-order valence-electron chi connectivity index (χ3n) is 10.7. The highest BCUT2D eigenvalue weighted by Crippen LogP contribution is 2.33. The Morgan fingerprint density at radius 2 is 0.577 bits per heavy atom. The predicted molar refractivity (Wildman–Crippen MR) is 217 cm³/mol. The predicted octanol–water partition coefficient (Wildman–Crippen LogP) is 4.56. The Bertz CT molecular complexity index is 1610. The number of fused-ring (bicyclic) bond motifs is 19. The topological polar surface area (TPSA) is 78.7 Å². The van der Waals surface area contributed by atoms with Crippen molar-refractivity contribution in [2.24, 2.45) is 0 Å². The molecule has 0 saturated carbocycles. The fraction of sp³-hybridized carbons (Fsp3) is 0.409. The minimum Gasteiger partial charge on any atom is -0.311 e. The summed E-state index contributed by atoms with van der Waals surface area (Å²) in [6.07, 6.45) is 0. The average Bonchev–Trinajstić information content (AvgIpc) is 3.18. The Hall–Kier alpha value is -3.70. The first-order valence-corrected chi connectivity index (χ1v) is 19.6. The Morgan fingerprint density at radius 1 is 0.308 bits per heavy atom. The maximum Gasteiger partial charge on any atom is 0.0218 e. The van der Waals surface area contributed by atoms with Gasteiger partial charge in [-0.2, -0.15) is 0 Å². The van der Waals surface area contributed by atoms with E-state index in [1.165, 1.54) is 54.9 Å². The van der Waals surface area contributed by atoms with Gasteiger partial charge in [-0.15, -0.1) is 0 Å². The van der Waals surface area contributed by atoms with Crippen molar-refractivity contribution in [2.45, 2.75) is 39.3 Å². The van der Waals surface area contributed by atoms with E-state index in [9.17, 15) is 0 Å². The molecule has 8 rings (SSSR count). The van der Waals surface area contributed by atoms with Crippen molar-refractivity contribution in [3.8, 4) is 0 Å². The van der Waals surface area contributed by atoms with Gasteiger partial charge in [0.25, 0.3) is 0 Å². The average molecular weight is 699 g/mol. The summed E-state index contributed by atoms with van der Waals surface area (Å²) in [5.74, 6) is 0. The third kappa shape index (κ3) is 10.2. The fourth-order valence-corrected chi connectivity index (χ4v) is 7.84. The van der Waals surface area contributed by atoms with Gasteiger partial charge < -0.3 is 31.9 Å². The van der Waals surface area contributed by atoms with Crippen molar-refractivity contribution >= 4 is 21.5 Å². The molecule has 0 saturated heterocycles. The van der Waals surface area contributed by atoms with Crippen LogP contribution in [0.1, 0.15) is 33.4 Å². The second-order valence-corrected chi connectivity index (χ2v) is 14.4. The van der Waals surface area contributed by atoms with Crippen molar-refractivity contribution < 1.29 is 0 Å². The number of hydrogen-bond donors (Lipinski definition) is 6. The number of nitrogens with one attached hydrogen (secondary N) is 6. The normalized spacial score (nSPS) is 21.2. The van der Waals surface area contributed by atoms with Crippen molar-refractivity contribution in [1.82, 2.24) is 41.7 Å². The molecule has 0 aromatic heterocycles. The summed E-state index contributed by atoms with van der Waals surface area (Å²) in [7, 11) is 0. The summed E-state index contributed by atoms with van der Waals surface area (Å²) < 4.78 is 0. The summed E-state index contributed by atoms with van der Waals surface area (Å²) in [6.45, 7) is 17.0. The molecule has 3 heterocycles. The lowest BCUT2D eigenvalue weighted by molar-refractivity contribution is 0.271. The highest BCUT2D eigenvalue weighted by atomic mass is 15.2. The zero-order valence-corrected chi connectivity index (χ0v) is 30.9. The zero-order chi connectivity index (χ0) is 35.2. The molecule has 3 aliphatic heterocycles. The standard InChI is InChI=1S/C44H58N8/c1-2-12-40-39(11-1)43-33-49-19-25-51-21-15-45-29-35-7-5-9-37(27-35)31-47-17-23-52(26-20-50-34-44(40)42-14-4-3-13-41(42)43)24-18-48-32-38-10-6-8-36(28-38)30-46-16-22-51/h1-14,27-28,45-50H,15-26,29-34H2. The molecule has 5 aromatic carbocycles. The molecular formula is C44H58N8. The van der Waals surface area contributed by atoms with Gasteiger partial charge in [-0.1, -0.05) is 97.1 Å². The van der Waals surface area contributed by atoms with Crippen LogP contribution in [0.5, 0.6) is 0 Å². The van der Waals surface area contributed by atoms with Gasteiger partial charge in [-0.3, -0.25) is 9.80 Å². The molecule has 0 fully saturated rings. The van der Waals surface area contributed by atoms with E-state index in [1.807, 2.05) is 0 Å². The SMILES string of the molecule is c1cc2cc(c1)CNCCN1CCNCc3cccc(c3)CNCCN(CCNC2)CCNCc2c3ccccc3c(c3ccccc23)CNCC1. The molecule has 0 atom stereocenters. The van der Waals surface area contributed by atoms with Crippen LogP contribution in [0.25, 0.3) is 21.5 Å². The number of hydrogen-bond acceptors (Lipinski definition) is 8. The molecule has 274 valence electrons. The van der Waals surface area contributed by atoms with Crippen LogP contribution in [0.15, 0.2) is 97.1 Å². The van der Waals surface area contributed by atoms with E-state index in [1.54, 1.807) is 0 Å². The Balaban J connectivity index is 1.16. The first-order chi connectivity index (χ1) is 25.8. The lowest BCUT2D eigenvalue weighted by Gasteiger charge is -2.24. The van der Waals surface area contributed by atoms with Crippen LogP contribution in [0.2, 0.25) is 0 Å². The second-order valence-electron chi connectivity index (χ2n) is 14.4. The second kappa shape index (κ2) is 19.4. The van der Waals surface area contributed by atoms with Gasteiger partial charge >= 0.3 is 0 Å². The smallest absolute Gasteiger partial charge is 0.0218 e.